The highest BCUT2D eigenvalue weighted by molar-refractivity contribution is 5.78. The summed E-state index contributed by atoms with van der Waals surface area (Å²) in [5.74, 6) is -1.10. The van der Waals surface area contributed by atoms with Crippen molar-refractivity contribution < 1.29 is 19.0 Å². The van der Waals surface area contributed by atoms with Gasteiger partial charge in [-0.3, -0.25) is 0 Å². The maximum atomic E-state index is 11.7. The van der Waals surface area contributed by atoms with Crippen molar-refractivity contribution in [2.45, 2.75) is 18.6 Å². The van der Waals surface area contributed by atoms with Gasteiger partial charge in [0.2, 0.25) is 0 Å². The van der Waals surface area contributed by atoms with Gasteiger partial charge < -0.3 is 14.2 Å². The van der Waals surface area contributed by atoms with Crippen molar-refractivity contribution in [3.63, 3.8) is 0 Å². The zero-order chi connectivity index (χ0) is 11.6. The quantitative estimate of drug-likeness (QED) is 0.712. The third kappa shape index (κ3) is 1.65. The van der Waals surface area contributed by atoms with Gasteiger partial charge in [0.1, 0.15) is 5.75 Å². The van der Waals surface area contributed by atoms with Gasteiger partial charge in [0.25, 0.3) is 0 Å². The third-order valence-electron chi connectivity index (χ3n) is 2.80. The number of para-hydroxylation sites is 1. The molecule has 2 rings (SSSR count). The first-order valence-electron chi connectivity index (χ1n) is 5.12. The Morgan fingerprint density at radius 3 is 2.81 bits per heavy atom. The summed E-state index contributed by atoms with van der Waals surface area (Å²) in [7, 11) is 2.78. The van der Waals surface area contributed by atoms with Crippen LogP contribution in [0.15, 0.2) is 24.3 Å². The Hall–Kier alpha value is -1.55. The molecule has 1 aromatic rings. The summed E-state index contributed by atoms with van der Waals surface area (Å²) in [6.07, 6.45) is 1.20. The second-order valence-corrected chi connectivity index (χ2v) is 3.66. The van der Waals surface area contributed by atoms with Crippen LogP contribution in [-0.2, 0) is 20.7 Å². The molecule has 0 amide bonds. The normalized spacial score (nSPS) is 23.1. The number of hydrogen-bond acceptors (Lipinski definition) is 4. The van der Waals surface area contributed by atoms with E-state index in [4.69, 9.17) is 14.2 Å². The number of rotatable bonds is 2. The van der Waals surface area contributed by atoms with Crippen LogP contribution in [0.5, 0.6) is 5.75 Å². The number of fused-ring (bicyclic) bond motifs is 1. The zero-order valence-electron chi connectivity index (χ0n) is 9.36. The highest BCUT2D eigenvalue weighted by atomic mass is 16.7. The molecular weight excluding hydrogens is 208 g/mol. The first-order chi connectivity index (χ1) is 7.72. The largest absolute Gasteiger partial charge is 0.464 e. The minimum Gasteiger partial charge on any atom is -0.464 e. The van der Waals surface area contributed by atoms with Crippen LogP contribution in [0, 0.1) is 0 Å². The lowest BCUT2D eigenvalue weighted by Gasteiger charge is -2.34. The summed E-state index contributed by atoms with van der Waals surface area (Å²) < 4.78 is 15.5. The lowest BCUT2D eigenvalue weighted by Crippen LogP contribution is -2.49. The fraction of sp³-hybridized carbons (Fsp3) is 0.417. The molecule has 1 aliphatic rings. The molecule has 1 heterocycles. The second kappa shape index (κ2) is 4.14. The van der Waals surface area contributed by atoms with E-state index in [1.807, 2.05) is 24.3 Å². The predicted octanol–water partition coefficient (Wildman–Crippen LogP) is 1.53. The SMILES string of the molecule is COC(=O)C1(OC)CCc2ccccc2O1. The summed E-state index contributed by atoms with van der Waals surface area (Å²) in [6, 6.07) is 7.61. The van der Waals surface area contributed by atoms with Crippen molar-refractivity contribution in [3.05, 3.63) is 29.8 Å². The summed E-state index contributed by atoms with van der Waals surface area (Å²) in [5, 5.41) is 0. The molecule has 1 aromatic carbocycles. The van der Waals surface area contributed by atoms with Crippen molar-refractivity contribution in [2.75, 3.05) is 14.2 Å². The van der Waals surface area contributed by atoms with E-state index in [-0.39, 0.29) is 0 Å². The minimum absolute atomic E-state index is 0.465. The standard InChI is InChI=1S/C12H14O4/c1-14-11(13)12(15-2)8-7-9-5-3-4-6-10(9)16-12/h3-6H,7-8H2,1-2H3. The highest BCUT2D eigenvalue weighted by Gasteiger charge is 2.45. The molecule has 16 heavy (non-hydrogen) atoms. The maximum Gasteiger partial charge on any atom is 0.379 e. The van der Waals surface area contributed by atoms with E-state index in [1.165, 1.54) is 14.2 Å². The Morgan fingerprint density at radius 2 is 2.12 bits per heavy atom. The van der Waals surface area contributed by atoms with Crippen molar-refractivity contribution in [1.82, 2.24) is 0 Å². The van der Waals surface area contributed by atoms with Gasteiger partial charge in [-0.2, -0.15) is 0 Å². The summed E-state index contributed by atoms with van der Waals surface area (Å²) in [6.45, 7) is 0. The fourth-order valence-electron chi connectivity index (χ4n) is 1.86. The molecule has 0 aromatic heterocycles. The van der Waals surface area contributed by atoms with E-state index in [9.17, 15) is 4.79 Å². The molecule has 0 saturated carbocycles. The van der Waals surface area contributed by atoms with Crippen molar-refractivity contribution in [2.24, 2.45) is 0 Å². The summed E-state index contributed by atoms with van der Waals surface area (Å²) in [4.78, 5) is 11.7. The summed E-state index contributed by atoms with van der Waals surface area (Å²) >= 11 is 0. The van der Waals surface area contributed by atoms with Gasteiger partial charge >= 0.3 is 11.8 Å². The smallest absolute Gasteiger partial charge is 0.379 e. The van der Waals surface area contributed by atoms with E-state index in [0.29, 0.717) is 12.2 Å². The number of benzene rings is 1. The molecule has 1 atom stereocenters. The molecule has 0 bridgehead atoms. The molecule has 1 unspecified atom stereocenters. The molecule has 1 aliphatic heterocycles. The van der Waals surface area contributed by atoms with Gasteiger partial charge in [0.05, 0.1) is 7.11 Å². The van der Waals surface area contributed by atoms with Gasteiger partial charge in [-0.15, -0.1) is 0 Å². The van der Waals surface area contributed by atoms with E-state index >= 15 is 0 Å². The Balaban J connectivity index is 2.32. The predicted molar refractivity (Wildman–Crippen MR) is 57.1 cm³/mol. The molecule has 4 heteroatoms. The number of hydrogen-bond donors (Lipinski definition) is 0. The molecule has 0 spiro atoms. The summed E-state index contributed by atoms with van der Waals surface area (Å²) in [5.41, 5.74) is 1.08. The number of methoxy groups -OCH3 is 2. The second-order valence-electron chi connectivity index (χ2n) is 3.66. The van der Waals surface area contributed by atoms with Gasteiger partial charge in [-0.25, -0.2) is 4.79 Å². The number of aryl methyl sites for hydroxylation is 1. The molecule has 4 nitrogen and oxygen atoms in total. The van der Waals surface area contributed by atoms with Crippen LogP contribution in [0.2, 0.25) is 0 Å². The molecule has 0 saturated heterocycles. The Kier molecular flexibility index (Phi) is 2.83. The van der Waals surface area contributed by atoms with Crippen molar-refractivity contribution in [1.29, 1.82) is 0 Å². The van der Waals surface area contributed by atoms with Crippen molar-refractivity contribution in [3.8, 4) is 5.75 Å². The van der Waals surface area contributed by atoms with Crippen molar-refractivity contribution >= 4 is 5.97 Å². The van der Waals surface area contributed by atoms with Crippen LogP contribution < -0.4 is 4.74 Å². The van der Waals surface area contributed by atoms with Crippen LogP contribution in [0.25, 0.3) is 0 Å². The average Bonchev–Trinajstić information content (AvgIpc) is 2.37. The number of esters is 1. The van der Waals surface area contributed by atoms with E-state index in [2.05, 4.69) is 0 Å². The minimum atomic E-state index is -1.29. The number of carbonyl (C=O) groups is 1. The third-order valence-corrected chi connectivity index (χ3v) is 2.80. The van der Waals surface area contributed by atoms with Crippen LogP contribution in [-0.4, -0.2) is 26.0 Å². The zero-order valence-corrected chi connectivity index (χ0v) is 9.36. The van der Waals surface area contributed by atoms with Gasteiger partial charge in [-0.1, -0.05) is 18.2 Å². The molecule has 0 N–H and O–H groups in total. The topological polar surface area (TPSA) is 44.8 Å². The maximum absolute atomic E-state index is 11.7. The van der Waals surface area contributed by atoms with Crippen LogP contribution in [0.3, 0.4) is 0 Å². The molecule has 0 fully saturated rings. The lowest BCUT2D eigenvalue weighted by molar-refractivity contribution is -0.211. The number of ether oxygens (including phenoxy) is 3. The van der Waals surface area contributed by atoms with Crippen LogP contribution >= 0.6 is 0 Å². The number of carbonyl (C=O) groups excluding carboxylic acids is 1. The van der Waals surface area contributed by atoms with Gasteiger partial charge in [0.15, 0.2) is 0 Å². The first kappa shape index (κ1) is 11.0. The van der Waals surface area contributed by atoms with Gasteiger partial charge in [0, 0.05) is 13.5 Å². The Morgan fingerprint density at radius 1 is 1.38 bits per heavy atom. The van der Waals surface area contributed by atoms with Gasteiger partial charge in [-0.05, 0) is 18.1 Å². The van der Waals surface area contributed by atoms with Crippen LogP contribution in [0.4, 0.5) is 0 Å². The molecule has 86 valence electrons. The van der Waals surface area contributed by atoms with E-state index < -0.39 is 11.8 Å². The first-order valence-corrected chi connectivity index (χ1v) is 5.12. The highest BCUT2D eigenvalue weighted by Crippen LogP contribution is 2.34. The van der Waals surface area contributed by atoms with E-state index in [1.54, 1.807) is 0 Å². The van der Waals surface area contributed by atoms with Crippen LogP contribution in [0.1, 0.15) is 12.0 Å². The molecule has 0 aliphatic carbocycles. The monoisotopic (exact) mass is 222 g/mol. The fourth-order valence-corrected chi connectivity index (χ4v) is 1.86. The average molecular weight is 222 g/mol. The Labute approximate surface area is 94.1 Å². The molecule has 0 radical (unpaired) electrons. The Bertz CT molecular complexity index is 402. The van der Waals surface area contributed by atoms with E-state index in [0.717, 1.165) is 12.0 Å². The lowest BCUT2D eigenvalue weighted by atomic mass is 10.00. The molecular formula is C12H14O4.